The van der Waals surface area contributed by atoms with E-state index in [1.807, 2.05) is 48.5 Å². The number of Topliss-reactive ketones (excluding diaryl/α,β-unsaturated/α-hetero) is 1. The van der Waals surface area contributed by atoms with Gasteiger partial charge in [-0.1, -0.05) is 164 Å². The Labute approximate surface area is 444 Å². The van der Waals surface area contributed by atoms with Crippen molar-refractivity contribution in [2.75, 3.05) is 21.3 Å². The van der Waals surface area contributed by atoms with Gasteiger partial charge in [-0.05, 0) is 176 Å². The molecule has 7 heteroatoms. The monoisotopic (exact) mass is 1000 g/mol. The van der Waals surface area contributed by atoms with Crippen LogP contribution in [-0.4, -0.2) is 45.0 Å². The van der Waals surface area contributed by atoms with Crippen LogP contribution < -0.4 is 0 Å². The summed E-state index contributed by atoms with van der Waals surface area (Å²) in [4.78, 5) is 50.3. The van der Waals surface area contributed by atoms with E-state index in [4.69, 9.17) is 14.2 Å². The van der Waals surface area contributed by atoms with Crippen LogP contribution >= 0.6 is 0 Å². The highest BCUT2D eigenvalue weighted by Gasteiger charge is 2.59. The number of esters is 3. The first-order valence-corrected chi connectivity index (χ1v) is 28.7. The maximum atomic E-state index is 12.9. The first kappa shape index (κ1) is 61.3. The van der Waals surface area contributed by atoms with Crippen molar-refractivity contribution < 1.29 is 33.4 Å². The lowest BCUT2D eigenvalue weighted by atomic mass is 9.49. The molecule has 406 valence electrons. The van der Waals surface area contributed by atoms with Crippen molar-refractivity contribution in [2.45, 2.75) is 229 Å². The second kappa shape index (κ2) is 25.1. The summed E-state index contributed by atoms with van der Waals surface area (Å²) in [5.41, 5.74) is 9.39. The molecule has 7 nitrogen and oxygen atoms in total. The molecule has 9 unspecified atom stereocenters. The molecule has 3 aromatic carbocycles. The van der Waals surface area contributed by atoms with Crippen molar-refractivity contribution in [3.05, 3.63) is 105 Å². The Morgan fingerprint density at radius 1 is 0.479 bits per heavy atom. The lowest BCUT2D eigenvalue weighted by molar-refractivity contribution is -0.162. The minimum Gasteiger partial charge on any atom is -0.469 e. The van der Waals surface area contributed by atoms with Crippen molar-refractivity contribution in [1.29, 1.82) is 0 Å². The van der Waals surface area contributed by atoms with Crippen LogP contribution in [-0.2, 0) is 57.7 Å². The van der Waals surface area contributed by atoms with Gasteiger partial charge in [0.2, 0.25) is 0 Å². The summed E-state index contributed by atoms with van der Waals surface area (Å²) in [6, 6.07) is 22.2. The van der Waals surface area contributed by atoms with Gasteiger partial charge in [0, 0.05) is 12.0 Å². The van der Waals surface area contributed by atoms with Crippen LogP contribution in [0.5, 0.6) is 0 Å². The number of aryl methyl sites for hydroxylation is 2. The number of benzene rings is 3. The Balaban J connectivity index is 0.000000226. The largest absolute Gasteiger partial charge is 0.469 e. The molecule has 9 rings (SSSR count). The van der Waals surface area contributed by atoms with E-state index in [0.717, 1.165) is 81.8 Å². The molecule has 6 aliphatic rings. The molecule has 0 aromatic heterocycles. The molecule has 73 heavy (non-hydrogen) atoms. The van der Waals surface area contributed by atoms with Crippen molar-refractivity contribution in [3.8, 4) is 0 Å². The van der Waals surface area contributed by atoms with E-state index in [9.17, 15) is 19.2 Å². The molecular weight excluding hydrogens is 905 g/mol. The number of fused-ring (bicyclic) bond motifs is 9. The lowest BCUT2D eigenvalue weighted by Gasteiger charge is -2.54. The minimum atomic E-state index is -0.578. The average molecular weight is 1010 g/mol. The molecule has 3 fully saturated rings. The number of carbonyl (C=O) groups excluding carboxylic acids is 4. The predicted molar refractivity (Wildman–Crippen MR) is 302 cm³/mol. The zero-order valence-electron chi connectivity index (χ0n) is 49.4. The number of carbonyl (C=O) groups is 4. The molecule has 6 aliphatic carbocycles. The fraction of sp³-hybridized carbons (Fsp3) is 0.667. The fourth-order valence-electron chi connectivity index (χ4n) is 15.3. The number of hydrogen-bond donors (Lipinski definition) is 0. The summed E-state index contributed by atoms with van der Waals surface area (Å²) in [5, 5.41) is 0. The SMILES string of the molecule is CC.CC.CC.COC(=O)C1(C)CCCC2(C)c3ccc(C(C)C)cc3C(=O)CC12.COC(=O)C1(C)CCCC2(C)c3ccc(C(C)C)cc3CCC12.COC(=O)C1(C)CCCC2(C)c3ccccc3CCC12. The van der Waals surface area contributed by atoms with Gasteiger partial charge >= 0.3 is 17.9 Å². The number of hydrogen-bond acceptors (Lipinski definition) is 7. The molecule has 0 saturated heterocycles. The first-order chi connectivity index (χ1) is 34.6. The summed E-state index contributed by atoms with van der Waals surface area (Å²) in [6.45, 7) is 34.0. The second-order valence-electron chi connectivity index (χ2n) is 23.6. The number of ether oxygens (including phenoxy) is 3. The molecule has 0 aliphatic heterocycles. The van der Waals surface area contributed by atoms with Crippen LogP contribution in [0.3, 0.4) is 0 Å². The molecule has 0 bridgehead atoms. The smallest absolute Gasteiger partial charge is 0.311 e. The number of rotatable bonds is 5. The lowest BCUT2D eigenvalue weighted by Crippen LogP contribution is -2.53. The quantitative estimate of drug-likeness (QED) is 0.186. The van der Waals surface area contributed by atoms with Crippen molar-refractivity contribution in [1.82, 2.24) is 0 Å². The topological polar surface area (TPSA) is 96.0 Å². The van der Waals surface area contributed by atoms with Crippen LogP contribution in [0.2, 0.25) is 0 Å². The third-order valence-electron chi connectivity index (χ3n) is 19.2. The normalized spacial score (nSPS) is 31.1. The average Bonchev–Trinajstić information content (AvgIpc) is 3.40. The second-order valence-corrected chi connectivity index (χ2v) is 23.6. The van der Waals surface area contributed by atoms with E-state index >= 15 is 0 Å². The molecule has 0 heterocycles. The summed E-state index contributed by atoms with van der Waals surface area (Å²) in [6.07, 6.45) is 14.1. The van der Waals surface area contributed by atoms with E-state index in [1.54, 1.807) is 0 Å². The van der Waals surface area contributed by atoms with Gasteiger partial charge in [0.25, 0.3) is 0 Å². The molecule has 3 saturated carbocycles. The Morgan fingerprint density at radius 3 is 1.29 bits per heavy atom. The summed E-state index contributed by atoms with van der Waals surface area (Å²) >= 11 is 0. The van der Waals surface area contributed by atoms with Crippen LogP contribution in [0.25, 0.3) is 0 Å². The number of ketones is 1. The maximum Gasteiger partial charge on any atom is 0.311 e. The molecular formula is C66H100O7. The highest BCUT2D eigenvalue weighted by Crippen LogP contribution is 2.60. The van der Waals surface area contributed by atoms with E-state index in [2.05, 4.69) is 123 Å². The van der Waals surface area contributed by atoms with Gasteiger partial charge in [-0.2, -0.15) is 0 Å². The predicted octanol–water partition coefficient (Wildman–Crippen LogP) is 16.6. The molecule has 9 atom stereocenters. The van der Waals surface area contributed by atoms with E-state index in [1.165, 1.54) is 67.6 Å². The summed E-state index contributed by atoms with van der Waals surface area (Å²) < 4.78 is 15.4. The van der Waals surface area contributed by atoms with E-state index in [-0.39, 0.29) is 56.7 Å². The van der Waals surface area contributed by atoms with Gasteiger partial charge in [0.05, 0.1) is 37.6 Å². The van der Waals surface area contributed by atoms with Crippen LogP contribution in [0, 0.1) is 34.0 Å². The van der Waals surface area contributed by atoms with Crippen LogP contribution in [0.1, 0.15) is 249 Å². The Bertz CT molecular complexity index is 2360. The third kappa shape index (κ3) is 11.3. The Hall–Kier alpha value is -4.26. The van der Waals surface area contributed by atoms with Crippen molar-refractivity contribution >= 4 is 23.7 Å². The third-order valence-corrected chi connectivity index (χ3v) is 19.2. The molecule has 0 radical (unpaired) electrons. The van der Waals surface area contributed by atoms with Gasteiger partial charge < -0.3 is 14.2 Å². The highest BCUT2D eigenvalue weighted by atomic mass is 16.5. The highest BCUT2D eigenvalue weighted by molar-refractivity contribution is 6.00. The molecule has 3 aromatic rings. The van der Waals surface area contributed by atoms with Gasteiger partial charge in [0.1, 0.15) is 0 Å². The molecule has 0 amide bonds. The first-order valence-electron chi connectivity index (χ1n) is 28.7. The van der Waals surface area contributed by atoms with Crippen molar-refractivity contribution in [3.63, 3.8) is 0 Å². The van der Waals surface area contributed by atoms with E-state index < -0.39 is 5.41 Å². The van der Waals surface area contributed by atoms with Gasteiger partial charge in [0.15, 0.2) is 5.78 Å². The summed E-state index contributed by atoms with van der Waals surface area (Å²) in [7, 11) is 4.51. The maximum absolute atomic E-state index is 12.9. The van der Waals surface area contributed by atoms with Crippen LogP contribution in [0.15, 0.2) is 60.7 Å². The Morgan fingerprint density at radius 2 is 0.849 bits per heavy atom. The zero-order chi connectivity index (χ0) is 54.9. The summed E-state index contributed by atoms with van der Waals surface area (Å²) in [5.74, 6) is 1.72. The Kier molecular flexibility index (Phi) is 21.0. The van der Waals surface area contributed by atoms with Gasteiger partial charge in [-0.3, -0.25) is 19.2 Å². The van der Waals surface area contributed by atoms with E-state index in [0.29, 0.717) is 30.1 Å². The van der Waals surface area contributed by atoms with Crippen LogP contribution in [0.4, 0.5) is 0 Å². The zero-order valence-corrected chi connectivity index (χ0v) is 49.4. The van der Waals surface area contributed by atoms with Gasteiger partial charge in [-0.15, -0.1) is 0 Å². The molecule has 0 N–H and O–H groups in total. The van der Waals surface area contributed by atoms with Crippen molar-refractivity contribution in [2.24, 2.45) is 34.0 Å². The van der Waals surface area contributed by atoms with Gasteiger partial charge in [-0.25, -0.2) is 0 Å². The molecule has 0 spiro atoms. The minimum absolute atomic E-state index is 0.0103. The number of methoxy groups -OCH3 is 3. The standard InChI is InChI=1S/C21H28O3.C21H30O2.C18H24O2.3C2H6/c1-13(2)14-7-8-16-15(11-14)17(22)12-18-20(16,3)9-6-10-21(18,4)19(23)24-5;1-14(2)15-7-9-17-16(13-15)8-10-18-20(17,3)11-6-12-21(18,4)19(22)23-5;1-17-11-6-12-18(2,16(19)20-3)15(17)10-9-13-7-4-5-8-14(13)17;3*1-2/h7-8,11,13,18H,6,9-10,12H2,1-5H3;7,9,13-14,18H,6,8,10-12H2,1-5H3;4-5,7-8,15H,6,9-12H2,1-3H3;3*1-2H3. The fourth-order valence-corrected chi connectivity index (χ4v) is 15.3.